The Balaban J connectivity index is 1.77. The lowest BCUT2D eigenvalue weighted by atomic mass is 10.2. The summed E-state index contributed by atoms with van der Waals surface area (Å²) in [6.45, 7) is 5.15. The molecule has 8 nitrogen and oxygen atoms in total. The molecule has 1 N–H and O–H groups in total. The van der Waals surface area contributed by atoms with E-state index in [9.17, 15) is 13.2 Å². The molecule has 1 amide bonds. The molecule has 1 aliphatic rings. The maximum Gasteiger partial charge on any atom is 0.255 e. The van der Waals surface area contributed by atoms with Crippen LogP contribution in [-0.4, -0.2) is 54.7 Å². The van der Waals surface area contributed by atoms with Crippen molar-refractivity contribution < 1.29 is 17.9 Å². The monoisotopic (exact) mass is 378 g/mol. The second kappa shape index (κ2) is 7.18. The zero-order valence-electron chi connectivity index (χ0n) is 15.0. The van der Waals surface area contributed by atoms with Gasteiger partial charge in [0.1, 0.15) is 0 Å². The van der Waals surface area contributed by atoms with E-state index in [-0.39, 0.29) is 10.8 Å². The molecular weight excluding hydrogens is 356 g/mol. The first-order valence-electron chi connectivity index (χ1n) is 8.30. The minimum absolute atomic E-state index is 0.171. The molecule has 0 bridgehead atoms. The van der Waals surface area contributed by atoms with Gasteiger partial charge >= 0.3 is 0 Å². The first-order chi connectivity index (χ1) is 12.3. The molecule has 1 aliphatic heterocycles. The third kappa shape index (κ3) is 3.50. The lowest BCUT2D eigenvalue weighted by molar-refractivity contribution is 0.0730. The van der Waals surface area contributed by atoms with E-state index >= 15 is 0 Å². The number of benzene rings is 1. The fourth-order valence-corrected chi connectivity index (χ4v) is 4.26. The van der Waals surface area contributed by atoms with Crippen LogP contribution in [0.15, 0.2) is 29.2 Å². The maximum atomic E-state index is 12.6. The Labute approximate surface area is 152 Å². The number of aromatic nitrogens is 2. The van der Waals surface area contributed by atoms with Crippen LogP contribution in [0.2, 0.25) is 0 Å². The molecule has 1 aromatic heterocycles. The summed E-state index contributed by atoms with van der Waals surface area (Å²) in [5.74, 6) is -0.306. The predicted molar refractivity (Wildman–Crippen MR) is 96.7 cm³/mol. The number of carbonyl (C=O) groups is 1. The molecule has 26 heavy (non-hydrogen) atoms. The highest BCUT2D eigenvalue weighted by Gasteiger charge is 2.26. The highest BCUT2D eigenvalue weighted by atomic mass is 32.2. The molecule has 1 aromatic carbocycles. The van der Waals surface area contributed by atoms with Crippen LogP contribution in [0.4, 0.5) is 5.69 Å². The number of aryl methyl sites for hydroxylation is 2. The molecule has 0 radical (unpaired) electrons. The summed E-state index contributed by atoms with van der Waals surface area (Å²) in [5.41, 5.74) is 2.63. The quantitative estimate of drug-likeness (QED) is 0.866. The van der Waals surface area contributed by atoms with Gasteiger partial charge in [-0.15, -0.1) is 0 Å². The van der Waals surface area contributed by atoms with E-state index in [0.29, 0.717) is 37.6 Å². The molecule has 0 spiro atoms. The molecule has 0 unspecified atom stereocenters. The highest BCUT2D eigenvalue weighted by Crippen LogP contribution is 2.21. The molecule has 9 heteroatoms. The lowest BCUT2D eigenvalue weighted by Gasteiger charge is -2.26. The van der Waals surface area contributed by atoms with Gasteiger partial charge in [-0.05, 0) is 38.1 Å². The number of anilines is 1. The molecule has 0 atom stereocenters. The Morgan fingerprint density at radius 2 is 1.77 bits per heavy atom. The molecule has 140 valence electrons. The van der Waals surface area contributed by atoms with E-state index in [2.05, 4.69) is 10.4 Å². The van der Waals surface area contributed by atoms with Gasteiger partial charge in [0.05, 0.1) is 35.2 Å². The summed E-state index contributed by atoms with van der Waals surface area (Å²) >= 11 is 0. The molecule has 2 aromatic rings. The predicted octanol–water partition coefficient (Wildman–Crippen LogP) is 1.31. The van der Waals surface area contributed by atoms with Crippen molar-refractivity contribution in [1.82, 2.24) is 14.1 Å². The van der Waals surface area contributed by atoms with Crippen LogP contribution in [0, 0.1) is 13.8 Å². The zero-order valence-corrected chi connectivity index (χ0v) is 15.8. The number of morpholine rings is 1. The van der Waals surface area contributed by atoms with Crippen molar-refractivity contribution in [2.45, 2.75) is 18.7 Å². The van der Waals surface area contributed by atoms with Gasteiger partial charge in [0.2, 0.25) is 10.0 Å². The number of nitrogens with zero attached hydrogens (tertiary/aromatic N) is 3. The molecule has 3 rings (SSSR count). The summed E-state index contributed by atoms with van der Waals surface area (Å²) in [5, 5.41) is 7.10. The first-order valence-corrected chi connectivity index (χ1v) is 9.74. The fourth-order valence-electron chi connectivity index (χ4n) is 2.85. The maximum absolute atomic E-state index is 12.6. The summed E-state index contributed by atoms with van der Waals surface area (Å²) < 4.78 is 33.5. The van der Waals surface area contributed by atoms with Crippen molar-refractivity contribution >= 4 is 21.6 Å². The zero-order chi connectivity index (χ0) is 18.9. The fraction of sp³-hybridized carbons (Fsp3) is 0.412. The van der Waals surface area contributed by atoms with Gasteiger partial charge in [-0.3, -0.25) is 9.48 Å². The summed E-state index contributed by atoms with van der Waals surface area (Å²) in [6.07, 6.45) is 0. The number of sulfonamides is 1. The van der Waals surface area contributed by atoms with E-state index in [1.165, 1.54) is 28.6 Å². The van der Waals surface area contributed by atoms with Crippen molar-refractivity contribution in [3.05, 3.63) is 41.2 Å². The van der Waals surface area contributed by atoms with E-state index in [0.717, 1.165) is 11.4 Å². The van der Waals surface area contributed by atoms with E-state index < -0.39 is 10.0 Å². The van der Waals surface area contributed by atoms with Crippen LogP contribution in [-0.2, 0) is 21.8 Å². The number of ether oxygens (including phenoxy) is 1. The number of amides is 1. The number of hydrogen-bond acceptors (Lipinski definition) is 5. The van der Waals surface area contributed by atoms with Gasteiger partial charge in [0.25, 0.3) is 5.91 Å². The standard InChI is InChI=1S/C17H22N4O4S/c1-12-16(13(2)20(3)19-12)18-17(22)14-4-6-15(7-5-14)26(23,24)21-8-10-25-11-9-21/h4-7H,8-11H2,1-3H3,(H,18,22). The van der Waals surface area contributed by atoms with Crippen LogP contribution in [0.1, 0.15) is 21.7 Å². The Kier molecular flexibility index (Phi) is 5.12. The van der Waals surface area contributed by atoms with Gasteiger partial charge < -0.3 is 10.1 Å². The summed E-state index contributed by atoms with van der Waals surface area (Å²) in [7, 11) is -1.76. The van der Waals surface area contributed by atoms with Crippen LogP contribution in [0.25, 0.3) is 0 Å². The third-order valence-electron chi connectivity index (χ3n) is 4.47. The van der Waals surface area contributed by atoms with Crippen LogP contribution < -0.4 is 5.32 Å². The van der Waals surface area contributed by atoms with Crippen molar-refractivity contribution in [3.63, 3.8) is 0 Å². The van der Waals surface area contributed by atoms with Crippen molar-refractivity contribution in [2.24, 2.45) is 7.05 Å². The smallest absolute Gasteiger partial charge is 0.255 e. The number of nitrogens with one attached hydrogen (secondary N) is 1. The second-order valence-electron chi connectivity index (χ2n) is 6.16. The van der Waals surface area contributed by atoms with Gasteiger partial charge in [-0.2, -0.15) is 9.40 Å². The Bertz CT molecular complexity index is 913. The minimum atomic E-state index is -3.57. The first kappa shape index (κ1) is 18.6. The van der Waals surface area contributed by atoms with Crippen molar-refractivity contribution in [3.8, 4) is 0 Å². The van der Waals surface area contributed by atoms with E-state index in [1.807, 2.05) is 20.9 Å². The van der Waals surface area contributed by atoms with Crippen molar-refractivity contribution in [1.29, 1.82) is 0 Å². The average Bonchev–Trinajstić information content (AvgIpc) is 2.88. The van der Waals surface area contributed by atoms with Crippen LogP contribution in [0.3, 0.4) is 0 Å². The molecule has 0 saturated carbocycles. The Hall–Kier alpha value is -2.23. The summed E-state index contributed by atoms with van der Waals surface area (Å²) in [6, 6.07) is 5.96. The number of carbonyl (C=O) groups excluding carboxylic acids is 1. The largest absolute Gasteiger partial charge is 0.379 e. The number of hydrogen-bond donors (Lipinski definition) is 1. The molecule has 1 fully saturated rings. The normalized spacial score (nSPS) is 15.8. The van der Waals surface area contributed by atoms with Gasteiger partial charge in [-0.25, -0.2) is 8.42 Å². The summed E-state index contributed by atoms with van der Waals surface area (Å²) in [4.78, 5) is 12.6. The Morgan fingerprint density at radius 1 is 1.15 bits per heavy atom. The van der Waals surface area contributed by atoms with Crippen LogP contribution >= 0.6 is 0 Å². The number of rotatable bonds is 4. The SMILES string of the molecule is Cc1nn(C)c(C)c1NC(=O)c1ccc(S(=O)(=O)N2CCOCC2)cc1. The van der Waals surface area contributed by atoms with E-state index in [4.69, 9.17) is 4.74 Å². The van der Waals surface area contributed by atoms with Gasteiger partial charge in [0.15, 0.2) is 0 Å². The lowest BCUT2D eigenvalue weighted by Crippen LogP contribution is -2.40. The average molecular weight is 378 g/mol. The van der Waals surface area contributed by atoms with E-state index in [1.54, 1.807) is 4.68 Å². The van der Waals surface area contributed by atoms with Crippen molar-refractivity contribution in [2.75, 3.05) is 31.6 Å². The minimum Gasteiger partial charge on any atom is -0.379 e. The molecule has 2 heterocycles. The molecule has 1 saturated heterocycles. The van der Waals surface area contributed by atoms with Gasteiger partial charge in [-0.1, -0.05) is 0 Å². The highest BCUT2D eigenvalue weighted by molar-refractivity contribution is 7.89. The third-order valence-corrected chi connectivity index (χ3v) is 6.38. The second-order valence-corrected chi connectivity index (χ2v) is 8.10. The van der Waals surface area contributed by atoms with Crippen LogP contribution in [0.5, 0.6) is 0 Å². The molecular formula is C17H22N4O4S. The Morgan fingerprint density at radius 3 is 2.31 bits per heavy atom. The van der Waals surface area contributed by atoms with Gasteiger partial charge in [0, 0.05) is 25.7 Å². The topological polar surface area (TPSA) is 93.5 Å². The molecule has 0 aliphatic carbocycles.